The molecule has 134 valence electrons. The molecule has 2 aliphatic heterocycles. The Morgan fingerprint density at radius 2 is 1.88 bits per heavy atom. The van der Waals surface area contributed by atoms with Crippen LogP contribution in [-0.2, 0) is 0 Å². The summed E-state index contributed by atoms with van der Waals surface area (Å²) in [5.41, 5.74) is 1.07. The van der Waals surface area contributed by atoms with Gasteiger partial charge in [0.05, 0.1) is 11.0 Å². The number of fused-ring (bicyclic) bond motifs is 1. The SMILES string of the molecule is O=C(O)N1CC[C@H](N2CCC(n3c(=O)[nH]c4ccc(F)cc43)CC2)C1. The fourth-order valence-electron chi connectivity index (χ4n) is 4.18. The smallest absolute Gasteiger partial charge is 0.407 e. The minimum Gasteiger partial charge on any atom is -0.465 e. The maximum Gasteiger partial charge on any atom is 0.407 e. The van der Waals surface area contributed by atoms with E-state index in [2.05, 4.69) is 9.88 Å². The molecule has 1 aromatic heterocycles. The van der Waals surface area contributed by atoms with Crippen LogP contribution in [0.15, 0.2) is 23.0 Å². The van der Waals surface area contributed by atoms with Crippen molar-refractivity contribution in [2.24, 2.45) is 0 Å². The highest BCUT2D eigenvalue weighted by atomic mass is 19.1. The van der Waals surface area contributed by atoms with Crippen LogP contribution in [0.5, 0.6) is 0 Å². The Bertz CT molecular complexity index is 853. The quantitative estimate of drug-likeness (QED) is 0.868. The molecule has 25 heavy (non-hydrogen) atoms. The number of hydrogen-bond acceptors (Lipinski definition) is 3. The van der Waals surface area contributed by atoms with E-state index in [0.29, 0.717) is 24.1 Å². The van der Waals surface area contributed by atoms with E-state index in [1.807, 2.05) is 0 Å². The van der Waals surface area contributed by atoms with Gasteiger partial charge >= 0.3 is 11.8 Å². The maximum atomic E-state index is 13.6. The number of nitrogens with one attached hydrogen (secondary N) is 1. The van der Waals surface area contributed by atoms with Gasteiger partial charge in [0, 0.05) is 38.3 Å². The number of aromatic amines is 1. The van der Waals surface area contributed by atoms with Gasteiger partial charge in [-0.3, -0.25) is 9.47 Å². The van der Waals surface area contributed by atoms with Crippen molar-refractivity contribution in [1.82, 2.24) is 19.4 Å². The Balaban J connectivity index is 1.48. The van der Waals surface area contributed by atoms with Crippen LogP contribution in [0.2, 0.25) is 0 Å². The summed E-state index contributed by atoms with van der Waals surface area (Å²) in [6.07, 6.45) is 1.60. The molecule has 0 unspecified atom stereocenters. The Labute approximate surface area is 143 Å². The number of H-pyrrole nitrogens is 1. The summed E-state index contributed by atoms with van der Waals surface area (Å²) in [6.45, 7) is 2.77. The second kappa shape index (κ2) is 6.18. The number of halogens is 1. The van der Waals surface area contributed by atoms with Gasteiger partial charge in [0.25, 0.3) is 0 Å². The van der Waals surface area contributed by atoms with Gasteiger partial charge in [-0.1, -0.05) is 0 Å². The number of aromatic nitrogens is 2. The third kappa shape index (κ3) is 2.90. The van der Waals surface area contributed by atoms with Crippen molar-refractivity contribution in [2.45, 2.75) is 31.3 Å². The molecule has 2 N–H and O–H groups in total. The van der Waals surface area contributed by atoms with Gasteiger partial charge in [-0.25, -0.2) is 14.0 Å². The third-order valence-corrected chi connectivity index (χ3v) is 5.49. The van der Waals surface area contributed by atoms with E-state index in [1.165, 1.54) is 17.0 Å². The Morgan fingerprint density at radius 1 is 1.16 bits per heavy atom. The van der Waals surface area contributed by atoms with E-state index in [4.69, 9.17) is 5.11 Å². The zero-order valence-electron chi connectivity index (χ0n) is 13.8. The fourth-order valence-corrected chi connectivity index (χ4v) is 4.18. The van der Waals surface area contributed by atoms with Crippen LogP contribution < -0.4 is 5.69 Å². The molecule has 0 saturated carbocycles. The number of likely N-dealkylation sites (tertiary alicyclic amines) is 2. The highest BCUT2D eigenvalue weighted by Gasteiger charge is 2.33. The molecule has 3 heterocycles. The normalized spacial score (nSPS) is 22.8. The molecule has 1 aromatic carbocycles. The van der Waals surface area contributed by atoms with Gasteiger partial charge in [-0.15, -0.1) is 0 Å². The molecule has 0 bridgehead atoms. The lowest BCUT2D eigenvalue weighted by atomic mass is 10.0. The average molecular weight is 348 g/mol. The van der Waals surface area contributed by atoms with Crippen LogP contribution in [0.25, 0.3) is 11.0 Å². The molecular weight excluding hydrogens is 327 g/mol. The number of imidazole rings is 1. The Hall–Kier alpha value is -2.35. The molecule has 1 amide bonds. The zero-order chi connectivity index (χ0) is 17.6. The first kappa shape index (κ1) is 16.1. The summed E-state index contributed by atoms with van der Waals surface area (Å²) in [5, 5.41) is 9.09. The van der Waals surface area contributed by atoms with Crippen molar-refractivity contribution < 1.29 is 14.3 Å². The van der Waals surface area contributed by atoms with Crippen LogP contribution >= 0.6 is 0 Å². The lowest BCUT2D eigenvalue weighted by Gasteiger charge is -2.36. The highest BCUT2D eigenvalue weighted by molar-refractivity contribution is 5.75. The van der Waals surface area contributed by atoms with Gasteiger partial charge in [0.1, 0.15) is 5.82 Å². The van der Waals surface area contributed by atoms with Gasteiger partial charge in [0.15, 0.2) is 0 Å². The van der Waals surface area contributed by atoms with Crippen LogP contribution in [0.4, 0.5) is 9.18 Å². The van der Waals surface area contributed by atoms with Gasteiger partial charge in [0.2, 0.25) is 0 Å². The maximum absolute atomic E-state index is 13.6. The lowest BCUT2D eigenvalue weighted by molar-refractivity contribution is 0.126. The van der Waals surface area contributed by atoms with E-state index < -0.39 is 6.09 Å². The number of rotatable bonds is 2. The lowest BCUT2D eigenvalue weighted by Crippen LogP contribution is -2.44. The largest absolute Gasteiger partial charge is 0.465 e. The van der Waals surface area contributed by atoms with Crippen LogP contribution in [-0.4, -0.2) is 62.8 Å². The van der Waals surface area contributed by atoms with Crippen molar-refractivity contribution in [1.29, 1.82) is 0 Å². The Morgan fingerprint density at radius 3 is 2.56 bits per heavy atom. The summed E-state index contributed by atoms with van der Waals surface area (Å²) < 4.78 is 15.2. The van der Waals surface area contributed by atoms with Gasteiger partial charge in [-0.2, -0.15) is 0 Å². The number of nitrogens with zero attached hydrogens (tertiary/aromatic N) is 3. The van der Waals surface area contributed by atoms with E-state index in [1.54, 1.807) is 10.6 Å². The van der Waals surface area contributed by atoms with Gasteiger partial charge in [-0.05, 0) is 37.5 Å². The molecule has 7 nitrogen and oxygen atoms in total. The molecule has 1 atom stereocenters. The molecule has 2 aliphatic rings. The molecular formula is C17H21FN4O3. The summed E-state index contributed by atoms with van der Waals surface area (Å²) >= 11 is 0. The minimum atomic E-state index is -0.857. The number of piperidine rings is 1. The fraction of sp³-hybridized carbons (Fsp3) is 0.529. The number of hydrogen-bond donors (Lipinski definition) is 2. The third-order valence-electron chi connectivity index (χ3n) is 5.49. The van der Waals surface area contributed by atoms with E-state index in [0.717, 1.165) is 32.4 Å². The molecule has 0 aliphatic carbocycles. The first-order valence-electron chi connectivity index (χ1n) is 8.64. The highest BCUT2D eigenvalue weighted by Crippen LogP contribution is 2.28. The summed E-state index contributed by atoms with van der Waals surface area (Å²) in [5.74, 6) is -0.350. The van der Waals surface area contributed by atoms with Crippen molar-refractivity contribution in [3.63, 3.8) is 0 Å². The molecule has 2 saturated heterocycles. The molecule has 0 spiro atoms. The van der Waals surface area contributed by atoms with Crippen molar-refractivity contribution in [3.05, 3.63) is 34.5 Å². The second-order valence-corrected chi connectivity index (χ2v) is 6.90. The first-order chi connectivity index (χ1) is 12.0. The van der Waals surface area contributed by atoms with Crippen molar-refractivity contribution >= 4 is 17.1 Å². The monoisotopic (exact) mass is 348 g/mol. The first-order valence-corrected chi connectivity index (χ1v) is 8.64. The topological polar surface area (TPSA) is 81.6 Å². The Kier molecular flexibility index (Phi) is 3.99. The predicted octanol–water partition coefficient (Wildman–Crippen LogP) is 1.86. The van der Waals surface area contributed by atoms with Crippen LogP contribution in [0, 0.1) is 5.82 Å². The zero-order valence-corrected chi connectivity index (χ0v) is 13.8. The van der Waals surface area contributed by atoms with Crippen LogP contribution in [0.1, 0.15) is 25.3 Å². The van der Waals surface area contributed by atoms with Crippen molar-refractivity contribution in [2.75, 3.05) is 26.2 Å². The standard InChI is InChI=1S/C17H21FN4O3/c18-11-1-2-14-15(9-11)22(16(23)19-14)12-3-6-20(7-4-12)13-5-8-21(10-13)17(24)25/h1-2,9,12-13H,3-8,10H2,(H,19,23)(H,24,25)/t13-/m0/s1. The number of benzene rings is 1. The molecule has 8 heteroatoms. The van der Waals surface area contributed by atoms with E-state index >= 15 is 0 Å². The number of amides is 1. The average Bonchev–Trinajstić information content (AvgIpc) is 3.19. The van der Waals surface area contributed by atoms with Crippen molar-refractivity contribution in [3.8, 4) is 0 Å². The summed E-state index contributed by atoms with van der Waals surface area (Å²) in [4.78, 5) is 29.9. The molecule has 0 radical (unpaired) electrons. The van der Waals surface area contributed by atoms with E-state index in [9.17, 15) is 14.0 Å². The van der Waals surface area contributed by atoms with E-state index in [-0.39, 0.29) is 23.6 Å². The summed E-state index contributed by atoms with van der Waals surface area (Å²) in [7, 11) is 0. The van der Waals surface area contributed by atoms with Gasteiger partial charge < -0.3 is 15.0 Å². The predicted molar refractivity (Wildman–Crippen MR) is 90.4 cm³/mol. The number of carbonyl (C=O) groups is 1. The minimum absolute atomic E-state index is 0.0382. The van der Waals surface area contributed by atoms with Crippen LogP contribution in [0.3, 0.4) is 0 Å². The molecule has 4 rings (SSSR count). The summed E-state index contributed by atoms with van der Waals surface area (Å²) in [6, 6.07) is 4.64. The molecule has 2 fully saturated rings. The number of carboxylic acid groups (broad SMARTS) is 1. The second-order valence-electron chi connectivity index (χ2n) is 6.90. The molecule has 2 aromatic rings.